The molecule has 0 N–H and O–H groups in total. The van der Waals surface area contributed by atoms with Crippen molar-refractivity contribution < 1.29 is 13.9 Å². The van der Waals surface area contributed by atoms with Crippen LogP contribution < -0.4 is 0 Å². The van der Waals surface area contributed by atoms with Gasteiger partial charge in [-0.2, -0.15) is 5.10 Å². The predicted octanol–water partition coefficient (Wildman–Crippen LogP) is 3.76. The van der Waals surface area contributed by atoms with Gasteiger partial charge in [-0.15, -0.1) is 0 Å². The molecule has 120 valence electrons. The van der Waals surface area contributed by atoms with Gasteiger partial charge in [0.1, 0.15) is 5.82 Å². The number of rotatable bonds is 3. The average molecular weight is 322 g/mol. The molecule has 0 fully saturated rings. The molecule has 3 aromatic rings. The SMILES string of the molecule is CCOC(=O)c1nn(-c2ccc(F)cc2)c2c1Cc1ccccc1-2. The zero-order valence-electron chi connectivity index (χ0n) is 13.1. The van der Waals surface area contributed by atoms with Gasteiger partial charge in [-0.3, -0.25) is 0 Å². The summed E-state index contributed by atoms with van der Waals surface area (Å²) in [5.41, 5.74) is 4.96. The predicted molar refractivity (Wildman–Crippen MR) is 87.7 cm³/mol. The van der Waals surface area contributed by atoms with E-state index in [-0.39, 0.29) is 5.82 Å². The Bertz CT molecular complexity index is 929. The summed E-state index contributed by atoms with van der Waals surface area (Å²) in [6.07, 6.45) is 0.640. The highest BCUT2D eigenvalue weighted by Crippen LogP contribution is 2.39. The van der Waals surface area contributed by atoms with Gasteiger partial charge in [0.2, 0.25) is 0 Å². The fourth-order valence-electron chi connectivity index (χ4n) is 3.12. The fourth-order valence-corrected chi connectivity index (χ4v) is 3.12. The third-order valence-corrected chi connectivity index (χ3v) is 4.16. The van der Waals surface area contributed by atoms with Crippen LogP contribution in [0.4, 0.5) is 4.39 Å². The Kier molecular flexibility index (Phi) is 3.41. The summed E-state index contributed by atoms with van der Waals surface area (Å²) >= 11 is 0. The molecule has 4 nitrogen and oxygen atoms in total. The highest BCUT2D eigenvalue weighted by molar-refractivity contribution is 5.93. The molecule has 0 unspecified atom stereocenters. The quantitative estimate of drug-likeness (QED) is 0.540. The van der Waals surface area contributed by atoms with Crippen molar-refractivity contribution in [3.8, 4) is 16.9 Å². The van der Waals surface area contributed by atoms with Crippen molar-refractivity contribution >= 4 is 5.97 Å². The van der Waals surface area contributed by atoms with E-state index in [1.165, 1.54) is 12.1 Å². The van der Waals surface area contributed by atoms with Crippen LogP contribution in [0.15, 0.2) is 48.5 Å². The van der Waals surface area contributed by atoms with Gasteiger partial charge in [-0.1, -0.05) is 24.3 Å². The number of carbonyl (C=O) groups is 1. The summed E-state index contributed by atoms with van der Waals surface area (Å²) in [5.74, 6) is -0.740. The number of ether oxygens (including phenoxy) is 1. The minimum atomic E-state index is -0.428. The van der Waals surface area contributed by atoms with E-state index < -0.39 is 5.97 Å². The zero-order valence-corrected chi connectivity index (χ0v) is 13.1. The van der Waals surface area contributed by atoms with Crippen molar-refractivity contribution in [2.45, 2.75) is 13.3 Å². The van der Waals surface area contributed by atoms with Crippen LogP contribution in [0.1, 0.15) is 28.5 Å². The van der Waals surface area contributed by atoms with Gasteiger partial charge in [-0.05, 0) is 36.8 Å². The van der Waals surface area contributed by atoms with Crippen molar-refractivity contribution in [1.82, 2.24) is 9.78 Å². The number of hydrogen-bond acceptors (Lipinski definition) is 3. The largest absolute Gasteiger partial charge is 0.461 e. The van der Waals surface area contributed by atoms with E-state index >= 15 is 0 Å². The summed E-state index contributed by atoms with van der Waals surface area (Å²) in [5, 5.41) is 4.47. The number of esters is 1. The second-order valence-electron chi connectivity index (χ2n) is 5.62. The molecule has 0 amide bonds. The minimum absolute atomic E-state index is 0.296. The standard InChI is InChI=1S/C19H15FN2O2/c1-2-24-19(23)17-16-11-12-5-3-4-6-15(12)18(16)22(21-17)14-9-7-13(20)8-10-14/h3-10H,2,11H2,1H3. The molecule has 24 heavy (non-hydrogen) atoms. The molecule has 0 bridgehead atoms. The van der Waals surface area contributed by atoms with Gasteiger partial charge in [0, 0.05) is 17.5 Å². The van der Waals surface area contributed by atoms with Crippen LogP contribution in [0.25, 0.3) is 16.9 Å². The lowest BCUT2D eigenvalue weighted by molar-refractivity contribution is 0.0518. The Balaban J connectivity index is 1.93. The first kappa shape index (κ1) is 14.6. The Labute approximate surface area is 138 Å². The number of halogens is 1. The molecular weight excluding hydrogens is 307 g/mol. The first-order valence-corrected chi connectivity index (χ1v) is 7.82. The lowest BCUT2D eigenvalue weighted by Gasteiger charge is -2.07. The van der Waals surface area contributed by atoms with Crippen LogP contribution in [0, 0.1) is 5.82 Å². The van der Waals surface area contributed by atoms with E-state index in [0.29, 0.717) is 24.4 Å². The number of hydrogen-bond donors (Lipinski definition) is 0. The van der Waals surface area contributed by atoms with Gasteiger partial charge in [0.25, 0.3) is 0 Å². The molecule has 5 heteroatoms. The molecular formula is C19H15FN2O2. The number of aromatic nitrogens is 2. The topological polar surface area (TPSA) is 44.1 Å². The van der Waals surface area contributed by atoms with Gasteiger partial charge in [-0.25, -0.2) is 13.9 Å². The lowest BCUT2D eigenvalue weighted by Crippen LogP contribution is -2.09. The van der Waals surface area contributed by atoms with E-state index in [1.54, 1.807) is 23.7 Å². The van der Waals surface area contributed by atoms with Crippen LogP contribution in [0.2, 0.25) is 0 Å². The van der Waals surface area contributed by atoms with E-state index in [2.05, 4.69) is 5.10 Å². The lowest BCUT2D eigenvalue weighted by atomic mass is 10.1. The Hall–Kier alpha value is -2.95. The molecule has 1 heterocycles. The zero-order chi connectivity index (χ0) is 16.7. The second kappa shape index (κ2) is 5.60. The number of fused-ring (bicyclic) bond motifs is 3. The van der Waals surface area contributed by atoms with E-state index in [1.807, 2.05) is 24.3 Å². The first-order valence-electron chi connectivity index (χ1n) is 7.82. The molecule has 4 rings (SSSR count). The van der Waals surface area contributed by atoms with Crippen LogP contribution in [0.3, 0.4) is 0 Å². The molecule has 0 spiro atoms. The molecule has 2 aromatic carbocycles. The molecule has 0 atom stereocenters. The summed E-state index contributed by atoms with van der Waals surface area (Å²) in [4.78, 5) is 12.3. The third-order valence-electron chi connectivity index (χ3n) is 4.16. The van der Waals surface area contributed by atoms with Crippen molar-refractivity contribution in [3.63, 3.8) is 0 Å². The maximum atomic E-state index is 13.2. The summed E-state index contributed by atoms with van der Waals surface area (Å²) < 4.78 is 20.1. The molecule has 0 saturated carbocycles. The molecule has 1 aliphatic carbocycles. The van der Waals surface area contributed by atoms with E-state index in [9.17, 15) is 9.18 Å². The van der Waals surface area contributed by atoms with Crippen LogP contribution >= 0.6 is 0 Å². The third kappa shape index (κ3) is 2.21. The maximum absolute atomic E-state index is 13.2. The first-order chi connectivity index (χ1) is 11.7. The number of carbonyl (C=O) groups excluding carboxylic acids is 1. The van der Waals surface area contributed by atoms with Crippen LogP contribution in [-0.2, 0) is 11.2 Å². The Morgan fingerprint density at radius 1 is 1.21 bits per heavy atom. The molecule has 0 saturated heterocycles. The molecule has 1 aromatic heterocycles. The van der Waals surface area contributed by atoms with Crippen LogP contribution in [0.5, 0.6) is 0 Å². The highest BCUT2D eigenvalue weighted by atomic mass is 19.1. The monoisotopic (exact) mass is 322 g/mol. The maximum Gasteiger partial charge on any atom is 0.359 e. The number of nitrogens with zero attached hydrogens (tertiary/aromatic N) is 2. The van der Waals surface area contributed by atoms with Gasteiger partial charge < -0.3 is 4.74 Å². The van der Waals surface area contributed by atoms with Crippen molar-refractivity contribution in [2.24, 2.45) is 0 Å². The number of benzene rings is 2. The Morgan fingerprint density at radius 3 is 2.71 bits per heavy atom. The van der Waals surface area contributed by atoms with Crippen molar-refractivity contribution in [3.05, 3.63) is 71.2 Å². The summed E-state index contributed by atoms with van der Waals surface area (Å²) in [7, 11) is 0. The van der Waals surface area contributed by atoms with Crippen molar-refractivity contribution in [1.29, 1.82) is 0 Å². The minimum Gasteiger partial charge on any atom is -0.461 e. The molecule has 1 aliphatic rings. The molecule has 0 radical (unpaired) electrons. The molecule has 0 aliphatic heterocycles. The van der Waals surface area contributed by atoms with Crippen LogP contribution in [-0.4, -0.2) is 22.4 Å². The normalized spacial score (nSPS) is 11.9. The van der Waals surface area contributed by atoms with Gasteiger partial charge >= 0.3 is 5.97 Å². The fraction of sp³-hybridized carbons (Fsp3) is 0.158. The smallest absolute Gasteiger partial charge is 0.359 e. The van der Waals surface area contributed by atoms with Crippen molar-refractivity contribution in [2.75, 3.05) is 6.61 Å². The van der Waals surface area contributed by atoms with Gasteiger partial charge in [0.05, 0.1) is 18.0 Å². The van der Waals surface area contributed by atoms with Gasteiger partial charge in [0.15, 0.2) is 5.69 Å². The highest BCUT2D eigenvalue weighted by Gasteiger charge is 2.31. The summed E-state index contributed by atoms with van der Waals surface area (Å²) in [6, 6.07) is 14.1. The second-order valence-corrected chi connectivity index (χ2v) is 5.62. The van der Waals surface area contributed by atoms with E-state index in [4.69, 9.17) is 4.74 Å². The summed E-state index contributed by atoms with van der Waals surface area (Å²) in [6.45, 7) is 2.06. The average Bonchev–Trinajstić information content (AvgIpc) is 3.13. The Morgan fingerprint density at radius 2 is 1.96 bits per heavy atom. The van der Waals surface area contributed by atoms with E-state index in [0.717, 1.165) is 22.4 Å².